The summed E-state index contributed by atoms with van der Waals surface area (Å²) in [6, 6.07) is 19.2. The molecule has 0 spiro atoms. The third-order valence-electron chi connectivity index (χ3n) is 3.85. The first-order chi connectivity index (χ1) is 13.7. The standard InChI is InChI=1S/C22H19IN2O3/c1-2-13-27-21-12-7-16-5-3-4-6-19(16)20(21)14-24-25-22(26)15-28-18-10-8-17(23)9-11-18/h2-12,14H,1,13,15H2,(H,25,26). The van der Waals surface area contributed by atoms with E-state index in [-0.39, 0.29) is 12.5 Å². The maximum atomic E-state index is 12.0. The van der Waals surface area contributed by atoms with Gasteiger partial charge in [0.05, 0.1) is 6.21 Å². The van der Waals surface area contributed by atoms with Crippen molar-refractivity contribution in [1.29, 1.82) is 0 Å². The summed E-state index contributed by atoms with van der Waals surface area (Å²) in [5.74, 6) is 0.962. The molecule has 1 amide bonds. The second kappa shape index (κ2) is 9.89. The molecule has 1 N–H and O–H groups in total. The Hall–Kier alpha value is -2.87. The molecule has 0 aliphatic heterocycles. The van der Waals surface area contributed by atoms with Crippen molar-refractivity contribution in [2.75, 3.05) is 13.2 Å². The molecule has 0 fully saturated rings. The Morgan fingerprint density at radius 2 is 1.86 bits per heavy atom. The summed E-state index contributed by atoms with van der Waals surface area (Å²) < 4.78 is 12.3. The van der Waals surface area contributed by atoms with Gasteiger partial charge in [0.2, 0.25) is 0 Å². The van der Waals surface area contributed by atoms with Gasteiger partial charge in [0.15, 0.2) is 6.61 Å². The molecule has 0 aromatic heterocycles. The van der Waals surface area contributed by atoms with Gasteiger partial charge in [0, 0.05) is 9.13 Å². The van der Waals surface area contributed by atoms with Gasteiger partial charge in [0.1, 0.15) is 18.1 Å². The Bertz CT molecular complexity index is 1000. The van der Waals surface area contributed by atoms with Crippen molar-refractivity contribution in [2.45, 2.75) is 0 Å². The van der Waals surface area contributed by atoms with Crippen LogP contribution in [0.3, 0.4) is 0 Å². The topological polar surface area (TPSA) is 59.9 Å². The van der Waals surface area contributed by atoms with Crippen molar-refractivity contribution in [2.24, 2.45) is 5.10 Å². The van der Waals surface area contributed by atoms with Crippen LogP contribution in [0.25, 0.3) is 10.8 Å². The van der Waals surface area contributed by atoms with Gasteiger partial charge in [-0.3, -0.25) is 4.79 Å². The highest BCUT2D eigenvalue weighted by Gasteiger charge is 2.07. The van der Waals surface area contributed by atoms with E-state index >= 15 is 0 Å². The summed E-state index contributed by atoms with van der Waals surface area (Å²) in [5, 5.41) is 6.12. The summed E-state index contributed by atoms with van der Waals surface area (Å²) in [6.45, 7) is 3.94. The van der Waals surface area contributed by atoms with Crippen molar-refractivity contribution < 1.29 is 14.3 Å². The molecule has 6 heteroatoms. The minimum atomic E-state index is -0.344. The Morgan fingerprint density at radius 3 is 2.64 bits per heavy atom. The van der Waals surface area contributed by atoms with E-state index < -0.39 is 0 Å². The van der Waals surface area contributed by atoms with E-state index in [1.165, 1.54) is 0 Å². The number of rotatable bonds is 8. The number of hydrogen-bond donors (Lipinski definition) is 1. The first-order valence-corrected chi connectivity index (χ1v) is 9.71. The van der Waals surface area contributed by atoms with Crippen LogP contribution < -0.4 is 14.9 Å². The zero-order chi connectivity index (χ0) is 19.8. The van der Waals surface area contributed by atoms with E-state index in [1.807, 2.05) is 60.7 Å². The fraction of sp³-hybridized carbons (Fsp3) is 0.0909. The van der Waals surface area contributed by atoms with Crippen LogP contribution >= 0.6 is 22.6 Å². The quantitative estimate of drug-likeness (QED) is 0.220. The van der Waals surface area contributed by atoms with Crippen LogP contribution in [0.1, 0.15) is 5.56 Å². The minimum absolute atomic E-state index is 0.118. The predicted molar refractivity (Wildman–Crippen MR) is 120 cm³/mol. The molecule has 0 saturated carbocycles. The predicted octanol–water partition coefficient (Wildman–Crippen LogP) is 4.54. The summed E-state index contributed by atoms with van der Waals surface area (Å²) in [5.41, 5.74) is 3.28. The largest absolute Gasteiger partial charge is 0.489 e. The van der Waals surface area contributed by atoms with Crippen LogP contribution in [0.15, 0.2) is 78.4 Å². The Labute approximate surface area is 177 Å². The lowest BCUT2D eigenvalue weighted by Crippen LogP contribution is -2.24. The second-order valence-electron chi connectivity index (χ2n) is 5.83. The van der Waals surface area contributed by atoms with Crippen LogP contribution in [0.4, 0.5) is 0 Å². The van der Waals surface area contributed by atoms with E-state index in [0.29, 0.717) is 18.1 Å². The van der Waals surface area contributed by atoms with Crippen molar-refractivity contribution in [3.05, 3.63) is 82.5 Å². The number of hydrazone groups is 1. The molecule has 5 nitrogen and oxygen atoms in total. The van der Waals surface area contributed by atoms with Gasteiger partial charge in [-0.25, -0.2) is 5.43 Å². The molecule has 0 saturated heterocycles. The molecule has 0 atom stereocenters. The van der Waals surface area contributed by atoms with Crippen molar-refractivity contribution in [1.82, 2.24) is 5.43 Å². The number of nitrogens with one attached hydrogen (secondary N) is 1. The molecular formula is C22H19IN2O3. The first-order valence-electron chi connectivity index (χ1n) is 8.63. The molecule has 28 heavy (non-hydrogen) atoms. The number of hydrogen-bond acceptors (Lipinski definition) is 4. The molecular weight excluding hydrogens is 467 g/mol. The number of benzene rings is 3. The van der Waals surface area contributed by atoms with Gasteiger partial charge in [-0.15, -0.1) is 0 Å². The molecule has 0 aliphatic carbocycles. The first kappa shape index (κ1) is 19.9. The number of ether oxygens (including phenoxy) is 2. The van der Waals surface area contributed by atoms with Crippen molar-refractivity contribution in [3.8, 4) is 11.5 Å². The van der Waals surface area contributed by atoms with E-state index in [9.17, 15) is 4.79 Å². The third-order valence-corrected chi connectivity index (χ3v) is 4.57. The number of amides is 1. The lowest BCUT2D eigenvalue weighted by atomic mass is 10.0. The van der Waals surface area contributed by atoms with Gasteiger partial charge in [-0.2, -0.15) is 5.10 Å². The lowest BCUT2D eigenvalue weighted by molar-refractivity contribution is -0.123. The highest BCUT2D eigenvalue weighted by Crippen LogP contribution is 2.26. The average molecular weight is 486 g/mol. The smallest absolute Gasteiger partial charge is 0.277 e. The fourth-order valence-electron chi connectivity index (χ4n) is 2.56. The Balaban J connectivity index is 1.68. The Kier molecular flexibility index (Phi) is 7.02. The van der Waals surface area contributed by atoms with Gasteiger partial charge in [0.25, 0.3) is 5.91 Å². The SMILES string of the molecule is C=CCOc1ccc2ccccc2c1C=NNC(=O)COc1ccc(I)cc1. The Morgan fingerprint density at radius 1 is 1.07 bits per heavy atom. The second-order valence-corrected chi connectivity index (χ2v) is 7.08. The molecule has 0 bridgehead atoms. The monoisotopic (exact) mass is 486 g/mol. The van der Waals surface area contributed by atoms with Gasteiger partial charge in [-0.05, 0) is 63.7 Å². The highest BCUT2D eigenvalue weighted by molar-refractivity contribution is 14.1. The number of carbonyl (C=O) groups is 1. The van der Waals surface area contributed by atoms with Gasteiger partial charge < -0.3 is 9.47 Å². The van der Waals surface area contributed by atoms with Crippen LogP contribution in [0, 0.1) is 3.57 Å². The molecule has 0 radical (unpaired) electrons. The van der Waals surface area contributed by atoms with Gasteiger partial charge in [-0.1, -0.05) is 43.0 Å². The number of halogens is 1. The lowest BCUT2D eigenvalue weighted by Gasteiger charge is -2.10. The molecule has 0 unspecified atom stereocenters. The maximum Gasteiger partial charge on any atom is 0.277 e. The summed E-state index contributed by atoms with van der Waals surface area (Å²) in [4.78, 5) is 12.0. The number of carbonyl (C=O) groups excluding carboxylic acids is 1. The third kappa shape index (κ3) is 5.32. The average Bonchev–Trinajstić information content (AvgIpc) is 2.72. The van der Waals surface area contributed by atoms with Gasteiger partial charge >= 0.3 is 0 Å². The normalized spacial score (nSPS) is 10.8. The zero-order valence-corrected chi connectivity index (χ0v) is 17.3. The van der Waals surface area contributed by atoms with Crippen LogP contribution in [0.2, 0.25) is 0 Å². The maximum absolute atomic E-state index is 12.0. The van der Waals surface area contributed by atoms with E-state index in [0.717, 1.165) is 19.9 Å². The highest BCUT2D eigenvalue weighted by atomic mass is 127. The van der Waals surface area contributed by atoms with E-state index in [4.69, 9.17) is 9.47 Å². The summed E-state index contributed by atoms with van der Waals surface area (Å²) in [7, 11) is 0. The molecule has 0 heterocycles. The summed E-state index contributed by atoms with van der Waals surface area (Å²) in [6.07, 6.45) is 3.27. The molecule has 0 aliphatic rings. The number of nitrogens with zero attached hydrogens (tertiary/aromatic N) is 1. The van der Waals surface area contributed by atoms with Crippen LogP contribution in [0.5, 0.6) is 11.5 Å². The zero-order valence-electron chi connectivity index (χ0n) is 15.1. The molecule has 3 aromatic rings. The molecule has 3 rings (SSSR count). The van der Waals surface area contributed by atoms with E-state index in [2.05, 4.69) is 39.7 Å². The minimum Gasteiger partial charge on any atom is -0.489 e. The molecule has 142 valence electrons. The molecule has 3 aromatic carbocycles. The number of fused-ring (bicyclic) bond motifs is 1. The summed E-state index contributed by atoms with van der Waals surface area (Å²) >= 11 is 2.21. The van der Waals surface area contributed by atoms with Crippen LogP contribution in [-0.4, -0.2) is 25.3 Å². The van der Waals surface area contributed by atoms with E-state index in [1.54, 1.807) is 12.3 Å². The fourth-order valence-corrected chi connectivity index (χ4v) is 2.92. The van der Waals surface area contributed by atoms with Crippen LogP contribution in [-0.2, 0) is 4.79 Å². The van der Waals surface area contributed by atoms with Crippen molar-refractivity contribution >= 4 is 45.5 Å². The van der Waals surface area contributed by atoms with Crippen molar-refractivity contribution in [3.63, 3.8) is 0 Å².